The smallest absolute Gasteiger partial charge is 0.101 e. The van der Waals surface area contributed by atoms with Crippen LogP contribution in [0.15, 0.2) is 97.1 Å². The van der Waals surface area contributed by atoms with Crippen molar-refractivity contribution in [3.8, 4) is 34.3 Å². The zero-order valence-corrected chi connectivity index (χ0v) is 13.6. The van der Waals surface area contributed by atoms with E-state index >= 15 is 0 Å². The molecule has 3 aromatic carbocycles. The van der Waals surface area contributed by atoms with Crippen LogP contribution < -0.4 is 0 Å². The van der Waals surface area contributed by atoms with E-state index in [9.17, 15) is 5.26 Å². The number of rotatable bonds is 3. The molecule has 0 unspecified atom stereocenters. The molecule has 0 atom stereocenters. The van der Waals surface area contributed by atoms with Gasteiger partial charge in [-0.3, -0.25) is 0 Å². The minimum absolute atomic E-state index is 0.675. The minimum atomic E-state index is 0.675. The van der Waals surface area contributed by atoms with Crippen LogP contribution in [0.5, 0.6) is 0 Å². The van der Waals surface area contributed by atoms with Gasteiger partial charge < -0.3 is 4.57 Å². The third-order valence-electron chi connectivity index (χ3n) is 4.25. The lowest BCUT2D eigenvalue weighted by Gasteiger charge is -2.14. The predicted molar refractivity (Wildman–Crippen MR) is 101 cm³/mol. The lowest BCUT2D eigenvalue weighted by Crippen LogP contribution is -1.99. The molecule has 2 nitrogen and oxygen atoms in total. The fraction of sp³-hybridized carbons (Fsp3) is 0. The Bertz CT molecular complexity index is 1020. The molecule has 0 spiro atoms. The summed E-state index contributed by atoms with van der Waals surface area (Å²) in [7, 11) is 0. The monoisotopic (exact) mass is 320 g/mol. The molecule has 1 heterocycles. The van der Waals surface area contributed by atoms with Gasteiger partial charge in [0.2, 0.25) is 0 Å². The average molecular weight is 320 g/mol. The van der Waals surface area contributed by atoms with Crippen LogP contribution in [0.25, 0.3) is 28.2 Å². The van der Waals surface area contributed by atoms with Gasteiger partial charge in [0.15, 0.2) is 0 Å². The molecule has 2 heteroatoms. The standard InChI is InChI=1S/C23H16N2/c24-17-20-16-22(18-10-4-1-5-11-18)25(21-14-8-3-9-15-21)23(20)19-12-6-2-7-13-19/h1-16H. The molecule has 0 saturated carbocycles. The normalized spacial score (nSPS) is 10.4. The number of hydrogen-bond acceptors (Lipinski definition) is 1. The first-order chi connectivity index (χ1) is 12.4. The molecule has 118 valence electrons. The molecule has 0 bridgehead atoms. The maximum atomic E-state index is 9.75. The van der Waals surface area contributed by atoms with Gasteiger partial charge >= 0.3 is 0 Å². The molecule has 0 N–H and O–H groups in total. The maximum Gasteiger partial charge on any atom is 0.101 e. The summed E-state index contributed by atoms with van der Waals surface area (Å²) in [4.78, 5) is 0. The Morgan fingerprint density at radius 2 is 1.16 bits per heavy atom. The van der Waals surface area contributed by atoms with Crippen molar-refractivity contribution in [1.29, 1.82) is 5.26 Å². The molecule has 0 aliphatic rings. The summed E-state index contributed by atoms with van der Waals surface area (Å²) in [5.41, 5.74) is 5.78. The minimum Gasteiger partial charge on any atom is -0.308 e. The fourth-order valence-electron chi connectivity index (χ4n) is 3.14. The molecule has 0 saturated heterocycles. The number of nitrogens with zero attached hydrogens (tertiary/aromatic N) is 2. The molecule has 0 aliphatic carbocycles. The van der Waals surface area contributed by atoms with Crippen molar-refractivity contribution in [3.05, 3.63) is 103 Å². The first kappa shape index (κ1) is 15.0. The second-order valence-corrected chi connectivity index (χ2v) is 5.81. The second kappa shape index (κ2) is 6.51. The summed E-state index contributed by atoms with van der Waals surface area (Å²) >= 11 is 0. The topological polar surface area (TPSA) is 28.7 Å². The maximum absolute atomic E-state index is 9.75. The summed E-state index contributed by atoms with van der Waals surface area (Å²) < 4.78 is 2.17. The van der Waals surface area contributed by atoms with E-state index in [4.69, 9.17) is 0 Å². The van der Waals surface area contributed by atoms with Gasteiger partial charge in [0.05, 0.1) is 17.0 Å². The van der Waals surface area contributed by atoms with Gasteiger partial charge in [0.1, 0.15) is 6.07 Å². The third-order valence-corrected chi connectivity index (χ3v) is 4.25. The first-order valence-corrected chi connectivity index (χ1v) is 8.20. The van der Waals surface area contributed by atoms with Crippen molar-refractivity contribution in [2.75, 3.05) is 0 Å². The molecule has 0 amide bonds. The first-order valence-electron chi connectivity index (χ1n) is 8.20. The molecular formula is C23H16N2. The van der Waals surface area contributed by atoms with Gasteiger partial charge in [-0.2, -0.15) is 5.26 Å². The highest BCUT2D eigenvalue weighted by atomic mass is 15.0. The summed E-state index contributed by atoms with van der Waals surface area (Å²) in [6, 6.07) is 34.8. The Balaban J connectivity index is 2.07. The van der Waals surface area contributed by atoms with Crippen LogP contribution in [0, 0.1) is 11.3 Å². The highest BCUT2D eigenvalue weighted by Crippen LogP contribution is 2.35. The van der Waals surface area contributed by atoms with Crippen molar-refractivity contribution in [1.82, 2.24) is 4.57 Å². The van der Waals surface area contributed by atoms with E-state index in [0.29, 0.717) is 5.56 Å². The molecule has 0 aliphatic heterocycles. The number of hydrogen-bond donors (Lipinski definition) is 0. The summed E-state index contributed by atoms with van der Waals surface area (Å²) in [6.45, 7) is 0. The molecule has 0 radical (unpaired) electrons. The van der Waals surface area contributed by atoms with Crippen LogP contribution in [0.1, 0.15) is 5.56 Å². The summed E-state index contributed by atoms with van der Waals surface area (Å²) in [5.74, 6) is 0. The van der Waals surface area contributed by atoms with E-state index in [-0.39, 0.29) is 0 Å². The Hall–Kier alpha value is -3.57. The molecular weight excluding hydrogens is 304 g/mol. The Morgan fingerprint density at radius 1 is 0.640 bits per heavy atom. The number of nitriles is 1. The molecule has 1 aromatic heterocycles. The molecule has 4 aromatic rings. The van der Waals surface area contributed by atoms with Crippen molar-refractivity contribution in [3.63, 3.8) is 0 Å². The van der Waals surface area contributed by atoms with Crippen LogP contribution in [-0.4, -0.2) is 4.57 Å². The van der Waals surface area contributed by atoms with Crippen molar-refractivity contribution in [2.24, 2.45) is 0 Å². The van der Waals surface area contributed by atoms with Crippen LogP contribution in [0.4, 0.5) is 0 Å². The summed E-state index contributed by atoms with van der Waals surface area (Å²) in [6.07, 6.45) is 0. The number of aromatic nitrogens is 1. The van der Waals surface area contributed by atoms with Crippen molar-refractivity contribution >= 4 is 0 Å². The van der Waals surface area contributed by atoms with E-state index in [0.717, 1.165) is 28.2 Å². The van der Waals surface area contributed by atoms with Gasteiger partial charge in [-0.1, -0.05) is 78.9 Å². The van der Waals surface area contributed by atoms with Crippen LogP contribution in [0.2, 0.25) is 0 Å². The van der Waals surface area contributed by atoms with E-state index < -0.39 is 0 Å². The predicted octanol–water partition coefficient (Wildman–Crippen LogP) is 5.68. The Morgan fingerprint density at radius 3 is 1.72 bits per heavy atom. The van der Waals surface area contributed by atoms with Gasteiger partial charge in [0, 0.05) is 5.69 Å². The molecule has 25 heavy (non-hydrogen) atoms. The van der Waals surface area contributed by atoms with E-state index in [1.807, 2.05) is 72.8 Å². The van der Waals surface area contributed by atoms with E-state index in [2.05, 4.69) is 34.9 Å². The second-order valence-electron chi connectivity index (χ2n) is 5.81. The quantitative estimate of drug-likeness (QED) is 0.477. The zero-order valence-electron chi connectivity index (χ0n) is 13.6. The van der Waals surface area contributed by atoms with Crippen molar-refractivity contribution < 1.29 is 0 Å². The van der Waals surface area contributed by atoms with Gasteiger partial charge in [0.25, 0.3) is 0 Å². The van der Waals surface area contributed by atoms with Gasteiger partial charge in [-0.15, -0.1) is 0 Å². The molecule has 4 rings (SSSR count). The fourth-order valence-corrected chi connectivity index (χ4v) is 3.14. The average Bonchev–Trinajstić information content (AvgIpc) is 3.10. The van der Waals surface area contributed by atoms with Crippen LogP contribution >= 0.6 is 0 Å². The SMILES string of the molecule is N#Cc1cc(-c2ccccc2)n(-c2ccccc2)c1-c1ccccc1. The lowest BCUT2D eigenvalue weighted by atomic mass is 10.1. The molecule has 0 fully saturated rings. The Kier molecular flexibility index (Phi) is 3.90. The Labute approximate surface area is 147 Å². The van der Waals surface area contributed by atoms with E-state index in [1.54, 1.807) is 0 Å². The number of benzene rings is 3. The third kappa shape index (κ3) is 2.73. The van der Waals surface area contributed by atoms with Gasteiger partial charge in [-0.05, 0) is 29.3 Å². The number of para-hydroxylation sites is 1. The van der Waals surface area contributed by atoms with E-state index in [1.165, 1.54) is 0 Å². The highest BCUT2D eigenvalue weighted by Gasteiger charge is 2.18. The van der Waals surface area contributed by atoms with Crippen molar-refractivity contribution in [2.45, 2.75) is 0 Å². The highest BCUT2D eigenvalue weighted by molar-refractivity contribution is 5.78. The lowest BCUT2D eigenvalue weighted by molar-refractivity contribution is 1.09. The summed E-state index contributed by atoms with van der Waals surface area (Å²) in [5, 5.41) is 9.75. The largest absolute Gasteiger partial charge is 0.308 e. The van der Waals surface area contributed by atoms with Crippen LogP contribution in [-0.2, 0) is 0 Å². The van der Waals surface area contributed by atoms with Crippen LogP contribution in [0.3, 0.4) is 0 Å². The van der Waals surface area contributed by atoms with Gasteiger partial charge in [-0.25, -0.2) is 0 Å². The zero-order chi connectivity index (χ0) is 17.1.